The van der Waals surface area contributed by atoms with Crippen LogP contribution in [0.3, 0.4) is 0 Å². The Balaban J connectivity index is 1.62. The zero-order valence-corrected chi connectivity index (χ0v) is 13.1. The zero-order chi connectivity index (χ0) is 18.0. The largest absolute Gasteiger partial charge is 0.351 e. The fourth-order valence-corrected chi connectivity index (χ4v) is 2.46. The second-order valence-electron chi connectivity index (χ2n) is 5.97. The lowest BCUT2D eigenvalue weighted by Gasteiger charge is -2.15. The minimum Gasteiger partial charge on any atom is -0.351 e. The number of rotatable bonds is 5. The predicted octanol–water partition coefficient (Wildman–Crippen LogP) is 3.14. The smallest absolute Gasteiger partial charge is 0.240 e. The van der Waals surface area contributed by atoms with E-state index >= 15 is 0 Å². The topological polar surface area (TPSA) is 58.2 Å². The Hall–Kier alpha value is -2.83. The van der Waals surface area contributed by atoms with E-state index in [0.717, 1.165) is 12.1 Å². The van der Waals surface area contributed by atoms with E-state index in [2.05, 4.69) is 10.6 Å². The van der Waals surface area contributed by atoms with Gasteiger partial charge in [-0.3, -0.25) is 9.59 Å². The van der Waals surface area contributed by atoms with E-state index in [9.17, 15) is 22.8 Å². The number of hydrogen-bond donors (Lipinski definition) is 2. The molecule has 3 rings (SSSR count). The highest BCUT2D eigenvalue weighted by molar-refractivity contribution is 6.13. The average Bonchev–Trinajstić information content (AvgIpc) is 3.39. The van der Waals surface area contributed by atoms with Gasteiger partial charge in [-0.05, 0) is 42.7 Å². The van der Waals surface area contributed by atoms with Crippen LogP contribution in [0.15, 0.2) is 42.5 Å². The highest BCUT2D eigenvalue weighted by Crippen LogP contribution is 2.46. The quantitative estimate of drug-likeness (QED) is 0.816. The van der Waals surface area contributed by atoms with Crippen LogP contribution >= 0.6 is 0 Å². The summed E-state index contributed by atoms with van der Waals surface area (Å²) in [5.41, 5.74) is -0.418. The number of halogens is 3. The third-order valence-corrected chi connectivity index (χ3v) is 4.16. The van der Waals surface area contributed by atoms with Crippen molar-refractivity contribution < 1.29 is 22.8 Å². The predicted molar refractivity (Wildman–Crippen MR) is 84.9 cm³/mol. The molecule has 0 spiro atoms. The van der Waals surface area contributed by atoms with Gasteiger partial charge in [-0.1, -0.05) is 12.1 Å². The van der Waals surface area contributed by atoms with Crippen molar-refractivity contribution in [3.63, 3.8) is 0 Å². The molecule has 130 valence electrons. The van der Waals surface area contributed by atoms with Crippen LogP contribution in [0, 0.1) is 22.9 Å². The summed E-state index contributed by atoms with van der Waals surface area (Å²) in [6.45, 7) is 0.166. The molecule has 0 atom stereocenters. The van der Waals surface area contributed by atoms with Crippen molar-refractivity contribution in [2.75, 3.05) is 5.32 Å². The minimum atomic E-state index is -1.20. The summed E-state index contributed by atoms with van der Waals surface area (Å²) >= 11 is 0. The van der Waals surface area contributed by atoms with E-state index in [-0.39, 0.29) is 18.0 Å². The van der Waals surface area contributed by atoms with Gasteiger partial charge in [0.25, 0.3) is 0 Å². The summed E-state index contributed by atoms with van der Waals surface area (Å²) in [4.78, 5) is 24.7. The molecule has 0 unspecified atom stereocenters. The van der Waals surface area contributed by atoms with Crippen molar-refractivity contribution in [1.82, 2.24) is 5.32 Å². The average molecular weight is 348 g/mol. The number of nitrogens with one attached hydrogen (secondary N) is 2. The molecule has 25 heavy (non-hydrogen) atoms. The van der Waals surface area contributed by atoms with E-state index in [0.29, 0.717) is 18.4 Å². The lowest BCUT2D eigenvalue weighted by molar-refractivity contribution is -0.134. The van der Waals surface area contributed by atoms with Gasteiger partial charge in [0, 0.05) is 18.3 Å². The number of amides is 2. The van der Waals surface area contributed by atoms with Gasteiger partial charge in [-0.15, -0.1) is 0 Å². The maximum atomic E-state index is 13.2. The molecule has 1 aliphatic rings. The molecule has 1 aliphatic carbocycles. The van der Waals surface area contributed by atoms with Crippen molar-refractivity contribution >= 4 is 17.5 Å². The third-order valence-electron chi connectivity index (χ3n) is 4.16. The lowest BCUT2D eigenvalue weighted by atomic mass is 10.0. The Kier molecular flexibility index (Phi) is 4.48. The Labute approximate surface area is 142 Å². The first kappa shape index (κ1) is 17.0. The van der Waals surface area contributed by atoms with Gasteiger partial charge in [-0.25, -0.2) is 13.2 Å². The minimum absolute atomic E-state index is 0.0847. The maximum Gasteiger partial charge on any atom is 0.240 e. The van der Waals surface area contributed by atoms with Crippen LogP contribution in [0.25, 0.3) is 0 Å². The second kappa shape index (κ2) is 6.58. The summed E-state index contributed by atoms with van der Waals surface area (Å²) in [7, 11) is 0. The molecule has 2 aromatic rings. The highest BCUT2D eigenvalue weighted by atomic mass is 19.2. The number of carbonyl (C=O) groups is 2. The summed E-state index contributed by atoms with van der Waals surface area (Å²) in [6.07, 6.45) is 0.746. The Bertz CT molecular complexity index is 818. The van der Waals surface area contributed by atoms with Crippen molar-refractivity contribution in [1.29, 1.82) is 0 Å². The summed E-state index contributed by atoms with van der Waals surface area (Å²) in [5.74, 6) is -3.48. The summed E-state index contributed by atoms with van der Waals surface area (Å²) in [6, 6.07) is 8.63. The molecule has 0 aliphatic heterocycles. The molecule has 2 amide bonds. The lowest BCUT2D eigenvalue weighted by Crippen LogP contribution is -2.39. The van der Waals surface area contributed by atoms with Crippen molar-refractivity contribution in [2.45, 2.75) is 19.4 Å². The molecule has 4 nitrogen and oxygen atoms in total. The maximum absolute atomic E-state index is 13.2. The summed E-state index contributed by atoms with van der Waals surface area (Å²) in [5, 5.41) is 5.10. The molecular formula is C18H15F3N2O2. The molecule has 7 heteroatoms. The van der Waals surface area contributed by atoms with Gasteiger partial charge >= 0.3 is 0 Å². The van der Waals surface area contributed by atoms with Gasteiger partial charge in [0.05, 0.1) is 0 Å². The molecule has 0 heterocycles. The van der Waals surface area contributed by atoms with Crippen LogP contribution in [-0.4, -0.2) is 11.8 Å². The second-order valence-corrected chi connectivity index (χ2v) is 5.97. The van der Waals surface area contributed by atoms with Crippen LogP contribution in [0.5, 0.6) is 0 Å². The van der Waals surface area contributed by atoms with Gasteiger partial charge in [-0.2, -0.15) is 0 Å². The highest BCUT2D eigenvalue weighted by Gasteiger charge is 2.56. The first-order valence-corrected chi connectivity index (χ1v) is 7.70. The standard InChI is InChI=1S/C18H15F3N2O2/c19-12-3-1-11(2-4-12)10-22-16(24)18(7-8-18)17(25)23-13-5-6-14(20)15(21)9-13/h1-6,9H,7-8,10H2,(H,22,24)(H,23,25). The van der Waals surface area contributed by atoms with Crippen LogP contribution < -0.4 is 10.6 Å². The van der Waals surface area contributed by atoms with E-state index in [1.54, 1.807) is 0 Å². The zero-order valence-electron chi connectivity index (χ0n) is 13.1. The molecule has 2 aromatic carbocycles. The van der Waals surface area contributed by atoms with Crippen molar-refractivity contribution in [3.8, 4) is 0 Å². The molecule has 0 saturated heterocycles. The van der Waals surface area contributed by atoms with Crippen molar-refractivity contribution in [2.24, 2.45) is 5.41 Å². The first-order valence-electron chi connectivity index (χ1n) is 7.70. The fraction of sp³-hybridized carbons (Fsp3) is 0.222. The van der Waals surface area contributed by atoms with E-state index in [1.807, 2.05) is 0 Å². The van der Waals surface area contributed by atoms with Crippen LogP contribution in [0.1, 0.15) is 18.4 Å². The van der Waals surface area contributed by atoms with Gasteiger partial charge in [0.15, 0.2) is 11.6 Å². The Morgan fingerprint density at radius 2 is 1.60 bits per heavy atom. The van der Waals surface area contributed by atoms with Crippen LogP contribution in [-0.2, 0) is 16.1 Å². The molecule has 0 bridgehead atoms. The SMILES string of the molecule is O=C(NCc1ccc(F)cc1)C1(C(=O)Nc2ccc(F)c(F)c2)CC1. The number of benzene rings is 2. The first-order chi connectivity index (χ1) is 11.9. The molecule has 0 aromatic heterocycles. The van der Waals surface area contributed by atoms with Crippen molar-refractivity contribution in [3.05, 3.63) is 65.5 Å². The monoisotopic (exact) mass is 348 g/mol. The molecular weight excluding hydrogens is 333 g/mol. The molecule has 0 radical (unpaired) electrons. The van der Waals surface area contributed by atoms with Gasteiger partial charge in [0.1, 0.15) is 11.2 Å². The normalized spacial score (nSPS) is 14.7. The number of hydrogen-bond acceptors (Lipinski definition) is 2. The van der Waals surface area contributed by atoms with Gasteiger partial charge in [0.2, 0.25) is 11.8 Å². The Morgan fingerprint density at radius 1 is 0.920 bits per heavy atom. The molecule has 1 saturated carbocycles. The molecule has 1 fully saturated rings. The fourth-order valence-electron chi connectivity index (χ4n) is 2.46. The third kappa shape index (κ3) is 3.65. The number of carbonyl (C=O) groups excluding carboxylic acids is 2. The summed E-state index contributed by atoms with van der Waals surface area (Å²) < 4.78 is 39.0. The van der Waals surface area contributed by atoms with Crippen LogP contribution in [0.4, 0.5) is 18.9 Å². The number of anilines is 1. The van der Waals surface area contributed by atoms with Crippen LogP contribution in [0.2, 0.25) is 0 Å². The van der Waals surface area contributed by atoms with E-state index < -0.39 is 28.9 Å². The van der Waals surface area contributed by atoms with E-state index in [1.165, 1.54) is 30.3 Å². The van der Waals surface area contributed by atoms with Gasteiger partial charge < -0.3 is 10.6 Å². The Morgan fingerprint density at radius 3 is 2.20 bits per heavy atom. The van der Waals surface area contributed by atoms with E-state index in [4.69, 9.17) is 0 Å². The molecule has 2 N–H and O–H groups in total.